The summed E-state index contributed by atoms with van der Waals surface area (Å²) in [6, 6.07) is 24.7. The monoisotopic (exact) mass is 431 g/mol. The molecule has 4 rings (SSSR count). The van der Waals surface area contributed by atoms with Crippen molar-refractivity contribution in [3.8, 4) is 11.1 Å². The lowest BCUT2D eigenvalue weighted by Gasteiger charge is -2.18. The number of fused-ring (bicyclic) bond motifs is 3. The minimum atomic E-state index is -0.783. The minimum Gasteiger partial charge on any atom is -0.461 e. The van der Waals surface area contributed by atoms with E-state index in [0.717, 1.165) is 27.8 Å². The number of esters is 1. The zero-order valence-corrected chi connectivity index (χ0v) is 17.6. The second kappa shape index (κ2) is 10.1. The normalized spacial score (nSPS) is 13.0. The Labute approximate surface area is 186 Å². The SMILES string of the molecule is O=C(C[C@@H](CO)NC(=O)OCC1c2ccccc2-c2ccccc21)OCc1ccccc1. The van der Waals surface area contributed by atoms with Gasteiger partial charge in [0, 0.05) is 5.92 Å². The summed E-state index contributed by atoms with van der Waals surface area (Å²) in [6.45, 7) is -0.0934. The van der Waals surface area contributed by atoms with E-state index in [9.17, 15) is 14.7 Å². The van der Waals surface area contributed by atoms with E-state index in [2.05, 4.69) is 17.4 Å². The molecule has 1 amide bonds. The van der Waals surface area contributed by atoms with Gasteiger partial charge < -0.3 is 19.9 Å². The van der Waals surface area contributed by atoms with Crippen molar-refractivity contribution in [2.24, 2.45) is 0 Å². The number of carbonyl (C=O) groups is 2. The van der Waals surface area contributed by atoms with E-state index in [4.69, 9.17) is 9.47 Å². The molecule has 0 bridgehead atoms. The van der Waals surface area contributed by atoms with Crippen LogP contribution in [0, 0.1) is 0 Å². The predicted octanol–water partition coefficient (Wildman–Crippen LogP) is 4.02. The average Bonchev–Trinajstić information content (AvgIpc) is 3.15. The fourth-order valence-corrected chi connectivity index (χ4v) is 3.97. The van der Waals surface area contributed by atoms with E-state index in [0.29, 0.717) is 0 Å². The van der Waals surface area contributed by atoms with Crippen LogP contribution in [-0.4, -0.2) is 36.4 Å². The lowest BCUT2D eigenvalue weighted by molar-refractivity contribution is -0.145. The first-order valence-electron chi connectivity index (χ1n) is 10.6. The molecule has 0 unspecified atom stereocenters. The van der Waals surface area contributed by atoms with Gasteiger partial charge in [0.05, 0.1) is 19.1 Å². The Hall–Kier alpha value is -3.64. The summed E-state index contributed by atoms with van der Waals surface area (Å²) in [5, 5.41) is 12.1. The molecule has 1 aliphatic carbocycles. The van der Waals surface area contributed by atoms with Crippen molar-refractivity contribution < 1.29 is 24.2 Å². The van der Waals surface area contributed by atoms with Crippen LogP contribution in [0.3, 0.4) is 0 Å². The van der Waals surface area contributed by atoms with Crippen LogP contribution >= 0.6 is 0 Å². The number of alkyl carbamates (subject to hydrolysis) is 1. The molecule has 3 aromatic carbocycles. The molecule has 0 aromatic heterocycles. The number of hydrogen-bond acceptors (Lipinski definition) is 5. The molecule has 164 valence electrons. The maximum atomic E-state index is 12.4. The highest BCUT2D eigenvalue weighted by molar-refractivity contribution is 5.79. The Morgan fingerprint density at radius 1 is 0.844 bits per heavy atom. The predicted molar refractivity (Wildman–Crippen MR) is 120 cm³/mol. The van der Waals surface area contributed by atoms with Gasteiger partial charge in [0.25, 0.3) is 0 Å². The smallest absolute Gasteiger partial charge is 0.407 e. The molecular formula is C26H25NO5. The largest absolute Gasteiger partial charge is 0.461 e. The second-order valence-electron chi connectivity index (χ2n) is 7.70. The summed E-state index contributed by atoms with van der Waals surface area (Å²) in [7, 11) is 0. The standard InChI is InChI=1S/C26H25NO5/c28-15-19(14-25(29)31-16-18-8-2-1-3-9-18)27-26(30)32-17-24-22-12-6-4-10-20(22)21-11-5-7-13-23(21)24/h1-13,19,24,28H,14-17H2,(H,27,30)/t19-/m0/s1. The van der Waals surface area contributed by atoms with Crippen molar-refractivity contribution in [3.63, 3.8) is 0 Å². The number of hydrogen-bond donors (Lipinski definition) is 2. The van der Waals surface area contributed by atoms with E-state index in [1.165, 1.54) is 0 Å². The molecule has 0 radical (unpaired) electrons. The molecule has 0 aliphatic heterocycles. The molecule has 1 atom stereocenters. The van der Waals surface area contributed by atoms with Gasteiger partial charge in [-0.05, 0) is 27.8 Å². The van der Waals surface area contributed by atoms with E-state index in [1.54, 1.807) is 0 Å². The lowest BCUT2D eigenvalue weighted by Crippen LogP contribution is -2.40. The number of carbonyl (C=O) groups excluding carboxylic acids is 2. The van der Waals surface area contributed by atoms with E-state index < -0.39 is 24.7 Å². The molecule has 32 heavy (non-hydrogen) atoms. The Balaban J connectivity index is 1.30. The molecule has 6 nitrogen and oxygen atoms in total. The minimum absolute atomic E-state index is 0.0587. The molecule has 0 spiro atoms. The van der Waals surface area contributed by atoms with Gasteiger partial charge in [-0.15, -0.1) is 0 Å². The Morgan fingerprint density at radius 2 is 1.44 bits per heavy atom. The van der Waals surface area contributed by atoms with Crippen molar-refractivity contribution in [3.05, 3.63) is 95.6 Å². The van der Waals surface area contributed by atoms with Crippen molar-refractivity contribution >= 4 is 12.1 Å². The van der Waals surface area contributed by atoms with Gasteiger partial charge in [0.2, 0.25) is 0 Å². The first-order valence-corrected chi connectivity index (χ1v) is 10.6. The van der Waals surface area contributed by atoms with E-state index in [-0.39, 0.29) is 25.6 Å². The third-order valence-corrected chi connectivity index (χ3v) is 5.54. The second-order valence-corrected chi connectivity index (χ2v) is 7.70. The number of amides is 1. The summed E-state index contributed by atoms with van der Waals surface area (Å²) in [5.41, 5.74) is 5.39. The van der Waals surface area contributed by atoms with Crippen LogP contribution in [0.5, 0.6) is 0 Å². The van der Waals surface area contributed by atoms with Gasteiger partial charge in [0.15, 0.2) is 0 Å². The van der Waals surface area contributed by atoms with Crippen LogP contribution in [-0.2, 0) is 20.9 Å². The highest BCUT2D eigenvalue weighted by Crippen LogP contribution is 2.44. The summed E-state index contributed by atoms with van der Waals surface area (Å²) in [6.07, 6.45) is -0.824. The van der Waals surface area contributed by atoms with E-state index >= 15 is 0 Å². The zero-order valence-electron chi connectivity index (χ0n) is 17.6. The summed E-state index contributed by atoms with van der Waals surface area (Å²) in [4.78, 5) is 24.4. The highest BCUT2D eigenvalue weighted by Gasteiger charge is 2.29. The number of nitrogens with one attached hydrogen (secondary N) is 1. The first-order chi connectivity index (χ1) is 15.7. The van der Waals surface area contributed by atoms with Crippen LogP contribution in [0.4, 0.5) is 4.79 Å². The van der Waals surface area contributed by atoms with Gasteiger partial charge in [-0.25, -0.2) is 4.79 Å². The molecule has 0 heterocycles. The lowest BCUT2D eigenvalue weighted by atomic mass is 9.98. The number of ether oxygens (including phenoxy) is 2. The van der Waals surface area contributed by atoms with Crippen LogP contribution in [0.1, 0.15) is 29.0 Å². The Morgan fingerprint density at radius 3 is 2.06 bits per heavy atom. The number of rotatable bonds is 8. The number of aliphatic hydroxyl groups excluding tert-OH is 1. The zero-order chi connectivity index (χ0) is 22.3. The van der Waals surface area contributed by atoms with Gasteiger partial charge in [-0.2, -0.15) is 0 Å². The van der Waals surface area contributed by atoms with Crippen molar-refractivity contribution in [1.29, 1.82) is 0 Å². The van der Waals surface area contributed by atoms with Crippen LogP contribution in [0.2, 0.25) is 0 Å². The molecule has 2 N–H and O–H groups in total. The Kier molecular flexibility index (Phi) is 6.82. The van der Waals surface area contributed by atoms with Crippen LogP contribution in [0.25, 0.3) is 11.1 Å². The highest BCUT2D eigenvalue weighted by atomic mass is 16.5. The van der Waals surface area contributed by atoms with Gasteiger partial charge >= 0.3 is 12.1 Å². The van der Waals surface area contributed by atoms with Gasteiger partial charge in [0.1, 0.15) is 13.2 Å². The van der Waals surface area contributed by atoms with E-state index in [1.807, 2.05) is 66.7 Å². The maximum absolute atomic E-state index is 12.4. The van der Waals surface area contributed by atoms with Gasteiger partial charge in [-0.1, -0.05) is 78.9 Å². The number of aliphatic hydroxyl groups is 1. The summed E-state index contributed by atoms with van der Waals surface area (Å²) in [5.74, 6) is -0.566. The van der Waals surface area contributed by atoms with Crippen LogP contribution < -0.4 is 5.32 Å². The fraction of sp³-hybridized carbons (Fsp3) is 0.231. The molecular weight excluding hydrogens is 406 g/mol. The van der Waals surface area contributed by atoms with Crippen LogP contribution in [0.15, 0.2) is 78.9 Å². The third-order valence-electron chi connectivity index (χ3n) is 5.54. The van der Waals surface area contributed by atoms with Gasteiger partial charge in [-0.3, -0.25) is 4.79 Å². The topological polar surface area (TPSA) is 84.9 Å². The quantitative estimate of drug-likeness (QED) is 0.526. The molecule has 3 aromatic rings. The molecule has 0 saturated heterocycles. The molecule has 6 heteroatoms. The Bertz CT molecular complexity index is 1040. The fourth-order valence-electron chi connectivity index (χ4n) is 3.97. The van der Waals surface area contributed by atoms with Crippen molar-refractivity contribution in [2.75, 3.05) is 13.2 Å². The van der Waals surface area contributed by atoms with Crippen molar-refractivity contribution in [2.45, 2.75) is 25.0 Å². The number of benzene rings is 3. The maximum Gasteiger partial charge on any atom is 0.407 e. The summed E-state index contributed by atoms with van der Waals surface area (Å²) >= 11 is 0. The molecule has 0 saturated carbocycles. The van der Waals surface area contributed by atoms with Crippen molar-refractivity contribution in [1.82, 2.24) is 5.32 Å². The molecule has 1 aliphatic rings. The average molecular weight is 431 g/mol. The first kappa shape index (κ1) is 21.6. The third kappa shape index (κ3) is 4.98. The molecule has 0 fully saturated rings. The summed E-state index contributed by atoms with van der Waals surface area (Å²) < 4.78 is 10.7.